The lowest BCUT2D eigenvalue weighted by Gasteiger charge is -2.24. The Morgan fingerprint density at radius 2 is 1.84 bits per heavy atom. The molecule has 1 aliphatic rings. The first kappa shape index (κ1) is 15.3. The maximum atomic E-state index is 11.9. The van der Waals surface area contributed by atoms with Gasteiger partial charge in [0.2, 0.25) is 5.91 Å². The van der Waals surface area contributed by atoms with Crippen molar-refractivity contribution in [3.63, 3.8) is 0 Å². The van der Waals surface area contributed by atoms with E-state index in [1.165, 1.54) is 11.8 Å². The lowest BCUT2D eigenvalue weighted by atomic mass is 10.0. The van der Waals surface area contributed by atoms with E-state index in [9.17, 15) is 14.4 Å². The van der Waals surface area contributed by atoms with Gasteiger partial charge >= 0.3 is 12.1 Å². The number of rotatable bonds is 2. The van der Waals surface area contributed by atoms with E-state index in [0.29, 0.717) is 0 Å². The number of carbonyl (C=O) groups is 3. The first-order valence-corrected chi connectivity index (χ1v) is 6.08. The summed E-state index contributed by atoms with van der Waals surface area (Å²) in [5.74, 6) is -2.16. The number of amides is 2. The van der Waals surface area contributed by atoms with Gasteiger partial charge < -0.3 is 20.1 Å². The Balaban J connectivity index is 2.72. The van der Waals surface area contributed by atoms with E-state index in [0.717, 1.165) is 0 Å². The summed E-state index contributed by atoms with van der Waals surface area (Å²) < 4.78 is 5.18. The van der Waals surface area contributed by atoms with Crippen LogP contribution in [0.4, 0.5) is 4.79 Å². The van der Waals surface area contributed by atoms with Crippen LogP contribution in [0.25, 0.3) is 0 Å². The molecule has 1 saturated heterocycles. The van der Waals surface area contributed by atoms with Crippen molar-refractivity contribution in [1.82, 2.24) is 10.2 Å². The van der Waals surface area contributed by atoms with Crippen molar-refractivity contribution in [3.05, 3.63) is 0 Å². The third-order valence-electron chi connectivity index (χ3n) is 2.68. The predicted molar refractivity (Wildman–Crippen MR) is 66.5 cm³/mol. The lowest BCUT2D eigenvalue weighted by Crippen LogP contribution is -2.42. The van der Waals surface area contributed by atoms with Crippen molar-refractivity contribution in [2.24, 2.45) is 5.92 Å². The van der Waals surface area contributed by atoms with Gasteiger partial charge in [0, 0.05) is 20.0 Å². The first-order valence-electron chi connectivity index (χ1n) is 6.08. The Kier molecular flexibility index (Phi) is 4.39. The van der Waals surface area contributed by atoms with E-state index in [1.807, 2.05) is 0 Å². The molecule has 1 rings (SSSR count). The Hall–Kier alpha value is -1.79. The summed E-state index contributed by atoms with van der Waals surface area (Å²) in [4.78, 5) is 35.3. The van der Waals surface area contributed by atoms with Gasteiger partial charge in [-0.05, 0) is 20.8 Å². The summed E-state index contributed by atoms with van der Waals surface area (Å²) in [6.07, 6.45) is -0.563. The zero-order valence-corrected chi connectivity index (χ0v) is 11.6. The third-order valence-corrected chi connectivity index (χ3v) is 2.68. The van der Waals surface area contributed by atoms with E-state index in [1.54, 1.807) is 20.8 Å². The fourth-order valence-electron chi connectivity index (χ4n) is 1.94. The minimum atomic E-state index is -1.04. The lowest BCUT2D eigenvalue weighted by molar-refractivity contribution is -0.141. The first-order chi connectivity index (χ1) is 8.60. The molecular formula is C12H20N2O5. The summed E-state index contributed by atoms with van der Waals surface area (Å²) in [6, 6.07) is -0.581. The SMILES string of the molecule is CC(=O)NC1CN(C(=O)OC(C)(C)C)CC1C(=O)O. The van der Waals surface area contributed by atoms with Gasteiger partial charge in [0.1, 0.15) is 5.60 Å². The van der Waals surface area contributed by atoms with E-state index in [4.69, 9.17) is 9.84 Å². The van der Waals surface area contributed by atoms with Gasteiger partial charge in [0.25, 0.3) is 0 Å². The van der Waals surface area contributed by atoms with Crippen LogP contribution in [0, 0.1) is 5.92 Å². The molecular weight excluding hydrogens is 252 g/mol. The fourth-order valence-corrected chi connectivity index (χ4v) is 1.94. The van der Waals surface area contributed by atoms with Crippen LogP contribution in [0.1, 0.15) is 27.7 Å². The molecule has 0 spiro atoms. The van der Waals surface area contributed by atoms with Gasteiger partial charge in [0.05, 0.1) is 12.0 Å². The van der Waals surface area contributed by atoms with E-state index in [2.05, 4.69) is 5.32 Å². The smallest absolute Gasteiger partial charge is 0.410 e. The molecule has 2 atom stereocenters. The van der Waals surface area contributed by atoms with Gasteiger partial charge in [-0.2, -0.15) is 0 Å². The highest BCUT2D eigenvalue weighted by molar-refractivity contribution is 5.78. The molecule has 1 heterocycles. The highest BCUT2D eigenvalue weighted by Gasteiger charge is 2.41. The zero-order chi connectivity index (χ0) is 14.8. The number of aliphatic carboxylic acids is 1. The molecule has 1 aliphatic heterocycles. The van der Waals surface area contributed by atoms with E-state index < -0.39 is 29.6 Å². The van der Waals surface area contributed by atoms with Crippen molar-refractivity contribution in [2.45, 2.75) is 39.3 Å². The number of hydrogen-bond donors (Lipinski definition) is 2. The molecule has 2 amide bonds. The predicted octanol–water partition coefficient (Wildman–Crippen LogP) is 0.443. The van der Waals surface area contributed by atoms with Crippen LogP contribution < -0.4 is 5.32 Å². The topological polar surface area (TPSA) is 95.9 Å². The quantitative estimate of drug-likeness (QED) is 0.760. The second-order valence-corrected chi connectivity index (χ2v) is 5.64. The molecule has 108 valence electrons. The summed E-state index contributed by atoms with van der Waals surface area (Å²) in [5.41, 5.74) is -0.637. The highest BCUT2D eigenvalue weighted by atomic mass is 16.6. The van der Waals surface area contributed by atoms with Crippen molar-refractivity contribution in [1.29, 1.82) is 0 Å². The molecule has 0 radical (unpaired) electrons. The van der Waals surface area contributed by atoms with Crippen molar-refractivity contribution >= 4 is 18.0 Å². The number of nitrogens with one attached hydrogen (secondary N) is 1. The number of ether oxygens (including phenoxy) is 1. The Morgan fingerprint density at radius 1 is 1.26 bits per heavy atom. The average molecular weight is 272 g/mol. The number of nitrogens with zero attached hydrogens (tertiary/aromatic N) is 1. The second-order valence-electron chi connectivity index (χ2n) is 5.64. The van der Waals surface area contributed by atoms with Gasteiger partial charge in [-0.1, -0.05) is 0 Å². The summed E-state index contributed by atoms with van der Waals surface area (Å²) >= 11 is 0. The van der Waals surface area contributed by atoms with Gasteiger partial charge in [-0.3, -0.25) is 9.59 Å². The van der Waals surface area contributed by atoms with Crippen LogP contribution in [0.15, 0.2) is 0 Å². The molecule has 1 fully saturated rings. The monoisotopic (exact) mass is 272 g/mol. The zero-order valence-electron chi connectivity index (χ0n) is 11.6. The molecule has 0 aromatic rings. The summed E-state index contributed by atoms with van der Waals surface area (Å²) in [5, 5.41) is 11.7. The van der Waals surface area contributed by atoms with Crippen LogP contribution in [0.5, 0.6) is 0 Å². The van der Waals surface area contributed by atoms with Crippen LogP contribution in [-0.2, 0) is 14.3 Å². The minimum absolute atomic E-state index is 0.0369. The Morgan fingerprint density at radius 3 is 2.26 bits per heavy atom. The molecule has 0 aliphatic carbocycles. The number of hydrogen-bond acceptors (Lipinski definition) is 4. The van der Waals surface area contributed by atoms with Gasteiger partial charge in [-0.15, -0.1) is 0 Å². The number of carboxylic acid groups (broad SMARTS) is 1. The van der Waals surface area contributed by atoms with E-state index >= 15 is 0 Å². The van der Waals surface area contributed by atoms with Crippen LogP contribution in [-0.4, -0.2) is 52.7 Å². The molecule has 7 nitrogen and oxygen atoms in total. The largest absolute Gasteiger partial charge is 0.481 e. The molecule has 7 heteroatoms. The standard InChI is InChI=1S/C12H20N2O5/c1-7(15)13-9-6-14(5-8(9)10(16)17)11(18)19-12(2,3)4/h8-9H,5-6H2,1-4H3,(H,13,15)(H,16,17). The minimum Gasteiger partial charge on any atom is -0.481 e. The number of likely N-dealkylation sites (tertiary alicyclic amines) is 1. The Bertz CT molecular complexity index is 388. The second kappa shape index (κ2) is 5.46. The molecule has 19 heavy (non-hydrogen) atoms. The van der Waals surface area contributed by atoms with Crippen LogP contribution in [0.2, 0.25) is 0 Å². The highest BCUT2D eigenvalue weighted by Crippen LogP contribution is 2.20. The summed E-state index contributed by atoms with van der Waals surface area (Å²) in [7, 11) is 0. The van der Waals surface area contributed by atoms with Crippen molar-refractivity contribution in [2.75, 3.05) is 13.1 Å². The summed E-state index contributed by atoms with van der Waals surface area (Å²) in [6.45, 7) is 6.71. The molecule has 0 saturated carbocycles. The van der Waals surface area contributed by atoms with Crippen molar-refractivity contribution < 1.29 is 24.2 Å². The van der Waals surface area contributed by atoms with Crippen LogP contribution in [0.3, 0.4) is 0 Å². The average Bonchev–Trinajstić information content (AvgIpc) is 2.57. The molecule has 0 bridgehead atoms. The molecule has 2 unspecified atom stereocenters. The van der Waals surface area contributed by atoms with Gasteiger partial charge in [-0.25, -0.2) is 4.79 Å². The normalized spacial score (nSPS) is 23.1. The third kappa shape index (κ3) is 4.42. The molecule has 0 aromatic heterocycles. The Labute approximate surface area is 111 Å². The van der Waals surface area contributed by atoms with E-state index in [-0.39, 0.29) is 19.0 Å². The molecule has 0 aromatic carbocycles. The van der Waals surface area contributed by atoms with Crippen molar-refractivity contribution in [3.8, 4) is 0 Å². The maximum Gasteiger partial charge on any atom is 0.410 e. The fraction of sp³-hybridized carbons (Fsp3) is 0.750. The maximum absolute atomic E-state index is 11.9. The van der Waals surface area contributed by atoms with Crippen LogP contribution >= 0.6 is 0 Å². The number of carbonyl (C=O) groups excluding carboxylic acids is 2. The number of carboxylic acids is 1. The molecule has 2 N–H and O–H groups in total. The van der Waals surface area contributed by atoms with Gasteiger partial charge in [0.15, 0.2) is 0 Å².